The Balaban J connectivity index is 1.42. The van der Waals surface area contributed by atoms with E-state index in [4.69, 9.17) is 9.84 Å². The Morgan fingerprint density at radius 3 is 2.66 bits per heavy atom. The van der Waals surface area contributed by atoms with Crippen LogP contribution < -0.4 is 15.6 Å². The molecule has 3 aromatic heterocycles. The van der Waals surface area contributed by atoms with Crippen LogP contribution >= 0.6 is 0 Å². The molecule has 1 N–H and O–H groups in total. The number of nitrogens with one attached hydrogen (secondary N) is 1. The average Bonchev–Trinajstić information content (AvgIpc) is 3.26. The standard InChI is InChI=1S/C27H24FN5O2/c1-17-16-33-26(30-17)25(35-22-5-3-20(28)4-6-22)15-24(31-33)19-2-7-23-18(14-19)10-13-32(27(23)34)21-8-11-29-12-9-21/h2-7,10,13-16,21,29H,8-9,11-12H2,1H3. The molecule has 1 fully saturated rings. The summed E-state index contributed by atoms with van der Waals surface area (Å²) in [5.74, 6) is 0.684. The van der Waals surface area contributed by atoms with Gasteiger partial charge in [-0.05, 0) is 80.7 Å². The van der Waals surface area contributed by atoms with E-state index in [-0.39, 0.29) is 17.4 Å². The largest absolute Gasteiger partial charge is 0.453 e. The molecule has 0 atom stereocenters. The molecule has 1 saturated heterocycles. The van der Waals surface area contributed by atoms with Crippen LogP contribution in [-0.4, -0.2) is 32.3 Å². The van der Waals surface area contributed by atoms with Gasteiger partial charge in [0.15, 0.2) is 11.4 Å². The minimum atomic E-state index is -0.329. The molecule has 0 bridgehead atoms. The minimum Gasteiger partial charge on any atom is -0.453 e. The number of hydrogen-bond acceptors (Lipinski definition) is 5. The molecule has 0 spiro atoms. The van der Waals surface area contributed by atoms with E-state index in [1.807, 2.05) is 54.2 Å². The SMILES string of the molecule is Cc1cn2nc(-c3ccc4c(=O)n(C5CCNCC5)ccc4c3)cc(Oc3ccc(F)cc3)c2n1. The summed E-state index contributed by atoms with van der Waals surface area (Å²) in [4.78, 5) is 17.7. The first kappa shape index (κ1) is 21.5. The van der Waals surface area contributed by atoms with Gasteiger partial charge in [0.1, 0.15) is 11.6 Å². The first-order valence-electron chi connectivity index (χ1n) is 11.7. The summed E-state index contributed by atoms with van der Waals surface area (Å²) in [6, 6.07) is 15.7. The molecule has 8 heteroatoms. The van der Waals surface area contributed by atoms with Crippen LogP contribution in [0.4, 0.5) is 4.39 Å². The fourth-order valence-corrected chi connectivity index (χ4v) is 4.70. The second-order valence-corrected chi connectivity index (χ2v) is 8.91. The second kappa shape index (κ2) is 8.63. The van der Waals surface area contributed by atoms with Crippen LogP contribution in [0.25, 0.3) is 27.7 Å². The number of imidazole rings is 1. The molecule has 4 heterocycles. The van der Waals surface area contributed by atoms with Crippen molar-refractivity contribution in [3.8, 4) is 22.8 Å². The van der Waals surface area contributed by atoms with Crippen LogP contribution in [0.15, 0.2) is 71.8 Å². The van der Waals surface area contributed by atoms with Gasteiger partial charge in [-0.1, -0.05) is 6.07 Å². The van der Waals surface area contributed by atoms with E-state index in [9.17, 15) is 9.18 Å². The number of nitrogens with zero attached hydrogens (tertiary/aromatic N) is 4. The highest BCUT2D eigenvalue weighted by Crippen LogP contribution is 2.31. The van der Waals surface area contributed by atoms with E-state index in [0.717, 1.165) is 42.6 Å². The molecule has 0 aliphatic carbocycles. The van der Waals surface area contributed by atoms with E-state index in [1.54, 1.807) is 16.6 Å². The molecule has 35 heavy (non-hydrogen) atoms. The van der Waals surface area contributed by atoms with Crippen molar-refractivity contribution in [2.45, 2.75) is 25.8 Å². The lowest BCUT2D eigenvalue weighted by Crippen LogP contribution is -2.34. The molecule has 176 valence electrons. The topological polar surface area (TPSA) is 73.5 Å². The first-order chi connectivity index (χ1) is 17.0. The summed E-state index contributed by atoms with van der Waals surface area (Å²) in [6.07, 6.45) is 5.64. The first-order valence-corrected chi connectivity index (χ1v) is 11.7. The summed E-state index contributed by atoms with van der Waals surface area (Å²) in [5.41, 5.74) is 2.94. The van der Waals surface area contributed by atoms with Gasteiger partial charge in [0, 0.05) is 29.3 Å². The van der Waals surface area contributed by atoms with Crippen LogP contribution in [-0.2, 0) is 0 Å². The van der Waals surface area contributed by atoms with E-state index >= 15 is 0 Å². The third-order valence-corrected chi connectivity index (χ3v) is 6.48. The molecular formula is C27H24FN5O2. The number of rotatable bonds is 4. The number of aryl methyl sites for hydroxylation is 1. The molecule has 1 aliphatic rings. The maximum absolute atomic E-state index is 13.3. The number of hydrogen-bond donors (Lipinski definition) is 1. The van der Waals surface area contributed by atoms with Gasteiger partial charge in [-0.2, -0.15) is 5.10 Å². The van der Waals surface area contributed by atoms with Crippen molar-refractivity contribution >= 4 is 16.4 Å². The van der Waals surface area contributed by atoms with Gasteiger partial charge >= 0.3 is 0 Å². The number of fused-ring (bicyclic) bond motifs is 2. The Hall–Kier alpha value is -4.04. The third-order valence-electron chi connectivity index (χ3n) is 6.48. The summed E-state index contributed by atoms with van der Waals surface area (Å²) >= 11 is 0. The number of pyridine rings is 1. The Kier molecular flexibility index (Phi) is 5.30. The maximum Gasteiger partial charge on any atom is 0.258 e. The zero-order chi connectivity index (χ0) is 23.9. The molecular weight excluding hydrogens is 445 g/mol. The quantitative estimate of drug-likeness (QED) is 0.406. The molecule has 2 aromatic carbocycles. The van der Waals surface area contributed by atoms with E-state index in [2.05, 4.69) is 10.3 Å². The van der Waals surface area contributed by atoms with Crippen LogP contribution in [0.3, 0.4) is 0 Å². The van der Waals surface area contributed by atoms with Gasteiger partial charge in [0.2, 0.25) is 0 Å². The van der Waals surface area contributed by atoms with Crippen molar-refractivity contribution in [1.29, 1.82) is 0 Å². The lowest BCUT2D eigenvalue weighted by molar-refractivity contribution is 0.362. The van der Waals surface area contributed by atoms with E-state index in [0.29, 0.717) is 28.2 Å². The lowest BCUT2D eigenvalue weighted by Gasteiger charge is -2.25. The lowest BCUT2D eigenvalue weighted by atomic mass is 10.0. The summed E-state index contributed by atoms with van der Waals surface area (Å²) in [7, 11) is 0. The van der Waals surface area contributed by atoms with Crippen LogP contribution in [0.1, 0.15) is 24.6 Å². The fraction of sp³-hybridized carbons (Fsp3) is 0.222. The van der Waals surface area contributed by atoms with Crippen molar-refractivity contribution in [2.75, 3.05) is 13.1 Å². The highest BCUT2D eigenvalue weighted by molar-refractivity contribution is 5.86. The Morgan fingerprint density at radius 2 is 1.86 bits per heavy atom. The van der Waals surface area contributed by atoms with Gasteiger partial charge < -0.3 is 14.6 Å². The van der Waals surface area contributed by atoms with Crippen LogP contribution in [0, 0.1) is 12.7 Å². The van der Waals surface area contributed by atoms with Crippen molar-refractivity contribution in [3.63, 3.8) is 0 Å². The number of halogens is 1. The highest BCUT2D eigenvalue weighted by atomic mass is 19.1. The van der Waals surface area contributed by atoms with Crippen molar-refractivity contribution in [1.82, 2.24) is 24.5 Å². The molecule has 0 saturated carbocycles. The van der Waals surface area contributed by atoms with E-state index < -0.39 is 0 Å². The van der Waals surface area contributed by atoms with Crippen molar-refractivity contribution in [2.24, 2.45) is 0 Å². The van der Waals surface area contributed by atoms with Crippen molar-refractivity contribution in [3.05, 3.63) is 88.9 Å². The number of aromatic nitrogens is 4. The fourth-order valence-electron chi connectivity index (χ4n) is 4.70. The molecule has 0 radical (unpaired) electrons. The normalized spacial score (nSPS) is 14.6. The molecule has 7 nitrogen and oxygen atoms in total. The smallest absolute Gasteiger partial charge is 0.258 e. The zero-order valence-corrected chi connectivity index (χ0v) is 19.2. The Morgan fingerprint density at radius 1 is 1.06 bits per heavy atom. The highest BCUT2D eigenvalue weighted by Gasteiger charge is 2.18. The second-order valence-electron chi connectivity index (χ2n) is 8.91. The van der Waals surface area contributed by atoms with Gasteiger partial charge in [-0.3, -0.25) is 4.79 Å². The number of piperidine rings is 1. The predicted molar refractivity (Wildman–Crippen MR) is 133 cm³/mol. The molecule has 6 rings (SSSR count). The number of ether oxygens (including phenoxy) is 1. The Bertz CT molecular complexity index is 1600. The van der Waals surface area contributed by atoms with Crippen LogP contribution in [0.2, 0.25) is 0 Å². The molecule has 1 aliphatic heterocycles. The number of benzene rings is 2. The molecule has 5 aromatic rings. The maximum atomic E-state index is 13.3. The average molecular weight is 470 g/mol. The summed E-state index contributed by atoms with van der Waals surface area (Å²) in [6.45, 7) is 3.75. The summed E-state index contributed by atoms with van der Waals surface area (Å²) < 4.78 is 23.0. The molecule has 0 amide bonds. The van der Waals surface area contributed by atoms with Gasteiger partial charge in [0.25, 0.3) is 5.56 Å². The zero-order valence-electron chi connectivity index (χ0n) is 19.2. The Labute approximate surface area is 200 Å². The summed E-state index contributed by atoms with van der Waals surface area (Å²) in [5, 5.41) is 9.63. The third kappa shape index (κ3) is 4.06. The van der Waals surface area contributed by atoms with Gasteiger partial charge in [0.05, 0.1) is 17.6 Å². The van der Waals surface area contributed by atoms with E-state index in [1.165, 1.54) is 12.1 Å². The minimum absolute atomic E-state index is 0.0370. The molecule has 0 unspecified atom stereocenters. The van der Waals surface area contributed by atoms with Crippen LogP contribution in [0.5, 0.6) is 11.5 Å². The monoisotopic (exact) mass is 469 g/mol. The van der Waals surface area contributed by atoms with Gasteiger partial charge in [-0.15, -0.1) is 0 Å². The van der Waals surface area contributed by atoms with Gasteiger partial charge in [-0.25, -0.2) is 13.9 Å². The predicted octanol–water partition coefficient (Wildman–Crippen LogP) is 4.88. The van der Waals surface area contributed by atoms with Crippen molar-refractivity contribution < 1.29 is 9.13 Å².